The molecule has 37 heteroatoms. The number of likely N-dealkylation sites (tertiary alicyclic amines) is 8. The molecule has 1 spiro atoms. The average molecular weight is 2000 g/mol. The minimum absolute atomic E-state index is 0.0406. The third-order valence-corrected chi connectivity index (χ3v) is 23.2. The largest absolute Gasteiger partial charge is 0.445 e. The van der Waals surface area contributed by atoms with Gasteiger partial charge in [0.2, 0.25) is 0 Å². The first-order valence-electron chi connectivity index (χ1n) is 49.7. The fraction of sp³-hybridized carbons (Fsp3) is 0.714. The zero-order valence-electron chi connectivity index (χ0n) is 89.4. The van der Waals surface area contributed by atoms with E-state index in [2.05, 4.69) is 0 Å². The van der Waals surface area contributed by atoms with Gasteiger partial charge in [0, 0.05) is 210 Å². The summed E-state index contributed by atoms with van der Waals surface area (Å²) in [5.74, 6) is 1.92. The number of Topliss-reactive ketones (excluding diaryl/α,β-unsaturated/α-hetero) is 9. The summed E-state index contributed by atoms with van der Waals surface area (Å²) in [4.78, 5) is 221. The highest BCUT2D eigenvalue weighted by molar-refractivity contribution is 5.88. The smallest absolute Gasteiger partial charge is 0.410 e. The van der Waals surface area contributed by atoms with Crippen molar-refractivity contribution in [1.29, 1.82) is 0 Å². The number of fused-ring (bicyclic) bond motifs is 2. The van der Waals surface area contributed by atoms with Gasteiger partial charge in [0.25, 0.3) is 0 Å². The van der Waals surface area contributed by atoms with Crippen molar-refractivity contribution in [1.82, 2.24) is 44.1 Å². The van der Waals surface area contributed by atoms with Crippen LogP contribution in [0.4, 0.5) is 43.2 Å². The number of nitrogens with zero attached hydrogens (tertiary/aromatic N) is 9. The molecule has 3 unspecified atom stereocenters. The highest BCUT2D eigenvalue weighted by Crippen LogP contribution is 2.37. The molecule has 11 saturated heterocycles. The Labute approximate surface area is 839 Å². The minimum atomic E-state index is -0.491. The Morgan fingerprint density at radius 3 is 0.958 bits per heavy atom. The van der Waals surface area contributed by atoms with Gasteiger partial charge in [-0.15, -0.1) is 0 Å². The number of carbonyl (C=O) groups excluding carboxylic acids is 18. The van der Waals surface area contributed by atoms with Crippen LogP contribution in [0.5, 0.6) is 0 Å². The first-order chi connectivity index (χ1) is 65.6. The van der Waals surface area contributed by atoms with E-state index in [-0.39, 0.29) is 157 Å². The second-order valence-corrected chi connectivity index (χ2v) is 45.2. The maximum Gasteiger partial charge on any atom is 0.410 e. The molecule has 37 nitrogen and oxygen atoms in total. The van der Waals surface area contributed by atoms with Gasteiger partial charge in [-0.2, -0.15) is 0 Å². The van der Waals surface area contributed by atoms with Gasteiger partial charge in [-0.1, -0.05) is 60.7 Å². The van der Waals surface area contributed by atoms with Crippen LogP contribution >= 0.6 is 0 Å². The average Bonchev–Trinajstić information content (AvgIpc) is 0.860. The summed E-state index contributed by atoms with van der Waals surface area (Å²) in [6.07, 6.45) is 7.42. The Morgan fingerprint density at radius 1 is 0.310 bits per heavy atom. The fourth-order valence-electron chi connectivity index (χ4n) is 16.3. The molecule has 142 heavy (non-hydrogen) atoms. The standard InChI is InChI=1S/C15H17NO4.C13H15NO3.C12H19NO3.C12H21NO3.3C11H19NO3.2C10H17NO3/c17-13-6-7-16(15(8-13)10-19-11-15)14(18)20-9-12-4-2-1-3-5-12;15-12-6-8-14(9-7-12)13(16)17-10-11-4-2-1-3-5-11;1-12(2,3)16-11(15)13-8-4-5-9(13)7-10(14)6-8;1-11(2,3)16-10(15)13-7-6-9(14)8-12(13,4)5;3*1-8-7-9(13)5-6-12(8)10(14)15-11(2,3)4;1-10(2,3)14-9(13)11-6-4-8(12)5-7-11;1-10(2,3)14-9(13)11-6-4-5-8(12)7-11/h1-5H,6-11H2;1-5H,6-10H2;8-9H,4-7H2,1-3H3;6-8H2,1-5H3;3*8H,5-7H2,1-4H3;2*4-7H2,1-3H3/t;;;;2*8-;;;/m....10.../s1. The number of hydrogen-bond donors (Lipinski definition) is 0. The van der Waals surface area contributed by atoms with Gasteiger partial charge in [-0.25, -0.2) is 43.2 Å². The maximum atomic E-state index is 12.2. The number of carbonyl (C=O) groups is 18. The van der Waals surface area contributed by atoms with Crippen LogP contribution in [0.2, 0.25) is 0 Å². The molecule has 0 aromatic heterocycles. The molecule has 11 heterocycles. The molecule has 0 saturated carbocycles. The molecule has 796 valence electrons. The van der Waals surface area contributed by atoms with Crippen LogP contribution in [0, 0.1) is 0 Å². The Hall–Kier alpha value is -11.1. The van der Waals surface area contributed by atoms with E-state index in [1.165, 1.54) is 4.90 Å². The third-order valence-electron chi connectivity index (χ3n) is 23.2. The van der Waals surface area contributed by atoms with Gasteiger partial charge >= 0.3 is 54.8 Å². The summed E-state index contributed by atoms with van der Waals surface area (Å²) in [6, 6.07) is 19.2. The van der Waals surface area contributed by atoms with Crippen molar-refractivity contribution in [3.63, 3.8) is 0 Å². The van der Waals surface area contributed by atoms with E-state index >= 15 is 0 Å². The maximum absolute atomic E-state index is 12.2. The molecule has 11 aliphatic rings. The predicted molar refractivity (Wildman–Crippen MR) is 528 cm³/mol. The summed E-state index contributed by atoms with van der Waals surface area (Å²) in [5, 5.41) is 0. The van der Waals surface area contributed by atoms with E-state index < -0.39 is 50.3 Å². The minimum Gasteiger partial charge on any atom is -0.445 e. The molecule has 9 amide bonds. The van der Waals surface area contributed by atoms with Gasteiger partial charge in [0.1, 0.15) is 98.7 Å². The fourth-order valence-corrected chi connectivity index (χ4v) is 16.3. The van der Waals surface area contributed by atoms with Crippen LogP contribution in [-0.4, -0.2) is 317 Å². The van der Waals surface area contributed by atoms with Crippen molar-refractivity contribution >= 4 is 107 Å². The summed E-state index contributed by atoms with van der Waals surface area (Å²) in [7, 11) is 0. The zero-order valence-corrected chi connectivity index (χ0v) is 89.4. The van der Waals surface area contributed by atoms with Gasteiger partial charge in [0.15, 0.2) is 5.78 Å². The molecule has 0 aliphatic carbocycles. The van der Waals surface area contributed by atoms with E-state index in [0.29, 0.717) is 188 Å². The molecule has 13 rings (SSSR count). The lowest BCUT2D eigenvalue weighted by Gasteiger charge is -2.50. The molecule has 2 aromatic carbocycles. The van der Waals surface area contributed by atoms with Gasteiger partial charge in [0.05, 0.1) is 25.3 Å². The molecular formula is C105H163N9O28. The highest BCUT2D eigenvalue weighted by atomic mass is 16.6. The molecular weight excluding hydrogens is 1840 g/mol. The van der Waals surface area contributed by atoms with Gasteiger partial charge in [-0.05, 0) is 210 Å². The van der Waals surface area contributed by atoms with Crippen LogP contribution in [0.3, 0.4) is 0 Å². The number of hydrogen-bond acceptors (Lipinski definition) is 28. The van der Waals surface area contributed by atoms with E-state index in [1.54, 1.807) is 39.2 Å². The molecule has 2 bridgehead atoms. The Kier molecular flexibility index (Phi) is 46.1. The first-order valence-corrected chi connectivity index (χ1v) is 49.7. The summed E-state index contributed by atoms with van der Waals surface area (Å²) in [5.41, 5.74) is -2.29. The van der Waals surface area contributed by atoms with Crippen molar-refractivity contribution in [2.75, 3.05) is 85.2 Å². The second-order valence-electron chi connectivity index (χ2n) is 45.2. The summed E-state index contributed by atoms with van der Waals surface area (Å²) in [6.45, 7) is 54.5. The lowest BCUT2D eigenvalue weighted by atomic mass is 9.84. The van der Waals surface area contributed by atoms with Gasteiger partial charge < -0.3 is 86.6 Å². The van der Waals surface area contributed by atoms with Crippen LogP contribution in [0.15, 0.2) is 60.7 Å². The van der Waals surface area contributed by atoms with Crippen LogP contribution in [0.25, 0.3) is 0 Å². The Morgan fingerprint density at radius 2 is 0.620 bits per heavy atom. The zero-order chi connectivity index (χ0) is 107. The van der Waals surface area contributed by atoms with E-state index in [4.69, 9.17) is 47.4 Å². The molecule has 11 aliphatic heterocycles. The number of piperidine rings is 9. The summed E-state index contributed by atoms with van der Waals surface area (Å²) < 4.78 is 52.6. The SMILES string of the molecule is CC(C)(C)OC(=O)N1C2CCC1CC(=O)C2.CC(C)(C)OC(=O)N1CCC(=O)CC1.CC(C)(C)OC(=O)N1CCC(=O)CC1(C)C.CC(C)(C)OC(=O)N1CCCC(=O)C1.CC1CC(=O)CCN1C(=O)OC(C)(C)C.C[C@@H]1CC(=O)CCN1C(=O)OC(C)(C)C.C[C@H]1CC(=O)CCN1C(=O)OC(C)(C)C.O=C1CCN(C(=O)OCc2ccccc2)C2(COC2)C1.O=C1CCN(C(=O)OCc2ccccc2)CC1. The molecule has 0 radical (unpaired) electrons. The van der Waals surface area contributed by atoms with Crippen LogP contribution in [-0.2, 0) is 104 Å². The summed E-state index contributed by atoms with van der Waals surface area (Å²) >= 11 is 0. The van der Waals surface area contributed by atoms with Crippen molar-refractivity contribution in [3.8, 4) is 0 Å². The van der Waals surface area contributed by atoms with Crippen LogP contribution < -0.4 is 0 Å². The second kappa shape index (κ2) is 54.0. The van der Waals surface area contributed by atoms with Crippen molar-refractivity contribution < 1.29 is 134 Å². The number of amides is 9. The van der Waals surface area contributed by atoms with E-state index in [1.807, 2.05) is 241 Å². The predicted octanol–water partition coefficient (Wildman–Crippen LogP) is 17.3. The molecule has 0 N–H and O–H groups in total. The highest BCUT2D eigenvalue weighted by Gasteiger charge is 2.52. The monoisotopic (exact) mass is 2000 g/mol. The van der Waals surface area contributed by atoms with Crippen molar-refractivity contribution in [2.24, 2.45) is 0 Å². The van der Waals surface area contributed by atoms with E-state index in [0.717, 1.165) is 30.4 Å². The number of benzene rings is 2. The van der Waals surface area contributed by atoms with Crippen molar-refractivity contribution in [2.45, 2.75) is 402 Å². The molecule has 2 aromatic rings. The molecule has 5 atom stereocenters. The van der Waals surface area contributed by atoms with Crippen molar-refractivity contribution in [3.05, 3.63) is 71.8 Å². The van der Waals surface area contributed by atoms with Gasteiger partial charge in [-0.3, -0.25) is 48.1 Å². The number of ketones is 9. The van der Waals surface area contributed by atoms with E-state index in [9.17, 15) is 86.3 Å². The molecule has 11 fully saturated rings. The number of rotatable bonds is 4. The number of ether oxygens (including phenoxy) is 10. The third kappa shape index (κ3) is 45.2. The Bertz CT molecular complexity index is 4420. The van der Waals surface area contributed by atoms with Crippen LogP contribution in [0.1, 0.15) is 320 Å². The quantitative estimate of drug-likeness (QED) is 0.257. The first kappa shape index (κ1) is 121. The topological polar surface area (TPSA) is 429 Å². The lowest BCUT2D eigenvalue weighted by Crippen LogP contribution is -2.67. The lowest BCUT2D eigenvalue weighted by molar-refractivity contribution is -0.159. The Balaban J connectivity index is 0.000000282. The normalized spacial score (nSPS) is 21.3.